The zero-order valence-electron chi connectivity index (χ0n) is 14.3. The number of aromatic nitrogens is 2. The fourth-order valence-electron chi connectivity index (χ4n) is 2.58. The van der Waals surface area contributed by atoms with Gasteiger partial charge in [-0.05, 0) is 31.0 Å². The maximum absolute atomic E-state index is 13.7. The normalized spacial score (nSPS) is 14.1. The van der Waals surface area contributed by atoms with Crippen molar-refractivity contribution in [2.45, 2.75) is 25.1 Å². The van der Waals surface area contributed by atoms with E-state index >= 15 is 0 Å². The van der Waals surface area contributed by atoms with Crippen molar-refractivity contribution >= 4 is 23.4 Å². The monoisotopic (exact) mass is 400 g/mol. The van der Waals surface area contributed by atoms with Crippen LogP contribution >= 0.6 is 11.6 Å². The van der Waals surface area contributed by atoms with E-state index in [4.69, 9.17) is 11.6 Å². The summed E-state index contributed by atoms with van der Waals surface area (Å²) in [5.74, 6) is -1.36. The lowest BCUT2D eigenvalue weighted by atomic mass is 10.2. The number of likely N-dealkylation sites (N-methyl/N-ethyl adjacent to an activating group) is 1. The summed E-state index contributed by atoms with van der Waals surface area (Å²) >= 11 is 5.84. The van der Waals surface area contributed by atoms with E-state index in [1.165, 1.54) is 31.3 Å². The molecule has 144 valence electrons. The molecule has 2 aromatic rings. The third-order valence-corrected chi connectivity index (χ3v) is 4.23. The van der Waals surface area contributed by atoms with Crippen LogP contribution in [0, 0.1) is 0 Å². The van der Waals surface area contributed by atoms with Crippen LogP contribution in [0.2, 0.25) is 5.02 Å². The van der Waals surface area contributed by atoms with Crippen LogP contribution in [0.3, 0.4) is 0 Å². The highest BCUT2D eigenvalue weighted by molar-refractivity contribution is 6.30. The molecular weight excluding hydrogens is 385 g/mol. The Balaban J connectivity index is 1.90. The summed E-state index contributed by atoms with van der Waals surface area (Å²) in [7, 11) is 1.27. The van der Waals surface area contributed by atoms with Crippen LogP contribution in [-0.4, -0.2) is 46.1 Å². The summed E-state index contributed by atoms with van der Waals surface area (Å²) in [5, 5.41) is 6.64. The molecule has 1 aromatic heterocycles. The van der Waals surface area contributed by atoms with Crippen molar-refractivity contribution in [3.05, 3.63) is 46.7 Å². The lowest BCUT2D eigenvalue weighted by molar-refractivity contribution is -0.143. The molecule has 0 spiro atoms. The van der Waals surface area contributed by atoms with Gasteiger partial charge in [0.1, 0.15) is 0 Å². The summed E-state index contributed by atoms with van der Waals surface area (Å²) in [6.07, 6.45) is -2.25. The summed E-state index contributed by atoms with van der Waals surface area (Å²) in [4.78, 5) is 25.3. The average Bonchev–Trinajstić information content (AvgIpc) is 3.26. The van der Waals surface area contributed by atoms with Gasteiger partial charge in [-0.25, -0.2) is 4.68 Å². The molecule has 1 aliphatic rings. The maximum Gasteiger partial charge on any atom is 0.434 e. The van der Waals surface area contributed by atoms with Gasteiger partial charge < -0.3 is 10.2 Å². The Morgan fingerprint density at radius 2 is 2.07 bits per heavy atom. The first-order valence-electron chi connectivity index (χ1n) is 8.13. The molecule has 1 aliphatic carbocycles. The quantitative estimate of drug-likeness (QED) is 0.839. The summed E-state index contributed by atoms with van der Waals surface area (Å²) in [6.45, 7) is -0.338. The largest absolute Gasteiger partial charge is 0.434 e. The Morgan fingerprint density at radius 3 is 2.67 bits per heavy atom. The summed E-state index contributed by atoms with van der Waals surface area (Å²) < 4.78 is 41.6. The number of halogens is 4. The van der Waals surface area contributed by atoms with Crippen molar-refractivity contribution in [1.29, 1.82) is 0 Å². The smallest absolute Gasteiger partial charge is 0.352 e. The second-order valence-electron chi connectivity index (χ2n) is 6.30. The number of nitrogens with one attached hydrogen (secondary N) is 1. The molecule has 2 amide bonds. The molecule has 1 N–H and O–H groups in total. The number of nitrogens with zero attached hydrogens (tertiary/aromatic N) is 3. The van der Waals surface area contributed by atoms with Crippen molar-refractivity contribution in [2.24, 2.45) is 0 Å². The fourth-order valence-corrected chi connectivity index (χ4v) is 2.76. The topological polar surface area (TPSA) is 67.2 Å². The number of rotatable bonds is 5. The summed E-state index contributed by atoms with van der Waals surface area (Å²) in [5.41, 5.74) is -1.78. The lowest BCUT2D eigenvalue weighted by Gasteiger charge is -2.18. The summed E-state index contributed by atoms with van der Waals surface area (Å²) in [6, 6.07) is 5.80. The van der Waals surface area contributed by atoms with Gasteiger partial charge in [0.05, 0.1) is 24.0 Å². The van der Waals surface area contributed by atoms with Gasteiger partial charge in [-0.1, -0.05) is 17.7 Å². The number of benzene rings is 1. The van der Waals surface area contributed by atoms with Gasteiger partial charge in [-0.2, -0.15) is 18.3 Å². The average molecular weight is 401 g/mol. The second kappa shape index (κ2) is 7.22. The van der Waals surface area contributed by atoms with Gasteiger partial charge in [0, 0.05) is 18.1 Å². The van der Waals surface area contributed by atoms with Crippen LogP contribution in [0.25, 0.3) is 5.69 Å². The van der Waals surface area contributed by atoms with Crippen LogP contribution in [0.1, 0.15) is 28.9 Å². The van der Waals surface area contributed by atoms with E-state index in [0.717, 1.165) is 23.9 Å². The molecule has 1 saturated carbocycles. The van der Waals surface area contributed by atoms with Crippen LogP contribution in [0.5, 0.6) is 0 Å². The first-order chi connectivity index (χ1) is 12.7. The molecule has 3 rings (SSSR count). The molecule has 27 heavy (non-hydrogen) atoms. The van der Waals surface area contributed by atoms with Crippen molar-refractivity contribution in [3.8, 4) is 5.69 Å². The van der Waals surface area contributed by atoms with E-state index in [2.05, 4.69) is 10.4 Å². The van der Waals surface area contributed by atoms with Crippen molar-refractivity contribution in [1.82, 2.24) is 20.0 Å². The molecule has 0 radical (unpaired) electrons. The van der Waals surface area contributed by atoms with E-state index in [1.807, 2.05) is 0 Å². The maximum atomic E-state index is 13.7. The molecule has 0 saturated heterocycles. The highest BCUT2D eigenvalue weighted by atomic mass is 35.5. The third-order valence-electron chi connectivity index (χ3n) is 3.99. The minimum Gasteiger partial charge on any atom is -0.352 e. The molecule has 1 heterocycles. The van der Waals surface area contributed by atoms with Gasteiger partial charge in [0.25, 0.3) is 5.91 Å². The molecule has 10 heteroatoms. The standard InChI is InChI=1S/C17H16ClF3N4O2/c1-24(9-14(26)23-11-5-6-11)16(27)13-8-22-25(15(13)17(19,20)21)12-4-2-3-10(18)7-12/h2-4,7-8,11H,5-6,9H2,1H3,(H,23,26). The van der Waals surface area contributed by atoms with E-state index in [-0.39, 0.29) is 23.3 Å². The number of carbonyl (C=O) groups excluding carboxylic acids is 2. The van der Waals surface area contributed by atoms with Gasteiger partial charge in [0.2, 0.25) is 5.91 Å². The number of amides is 2. The Hall–Kier alpha value is -2.55. The van der Waals surface area contributed by atoms with Crippen molar-refractivity contribution in [3.63, 3.8) is 0 Å². The number of hydrogen-bond acceptors (Lipinski definition) is 3. The molecule has 0 unspecified atom stereocenters. The highest BCUT2D eigenvalue weighted by Gasteiger charge is 2.41. The van der Waals surface area contributed by atoms with E-state index < -0.39 is 29.2 Å². The predicted molar refractivity (Wildman–Crippen MR) is 91.7 cm³/mol. The Bertz CT molecular complexity index is 877. The van der Waals surface area contributed by atoms with Crippen molar-refractivity contribution in [2.75, 3.05) is 13.6 Å². The first kappa shape index (κ1) is 19.2. The van der Waals surface area contributed by atoms with E-state index in [0.29, 0.717) is 4.68 Å². The molecular formula is C17H16ClF3N4O2. The Kier molecular flexibility index (Phi) is 5.14. The zero-order valence-corrected chi connectivity index (χ0v) is 15.0. The molecule has 1 aromatic carbocycles. The molecule has 1 fully saturated rings. The first-order valence-corrected chi connectivity index (χ1v) is 8.50. The van der Waals surface area contributed by atoms with E-state index in [1.54, 1.807) is 0 Å². The van der Waals surface area contributed by atoms with Gasteiger partial charge >= 0.3 is 6.18 Å². The number of hydrogen-bond donors (Lipinski definition) is 1. The SMILES string of the molecule is CN(CC(=O)NC1CC1)C(=O)c1cnn(-c2cccc(Cl)c2)c1C(F)(F)F. The third kappa shape index (κ3) is 4.41. The van der Waals surface area contributed by atoms with Crippen molar-refractivity contribution < 1.29 is 22.8 Å². The molecule has 0 atom stereocenters. The van der Waals surface area contributed by atoms with Gasteiger partial charge in [0.15, 0.2) is 5.69 Å². The van der Waals surface area contributed by atoms with Crippen LogP contribution in [0.15, 0.2) is 30.5 Å². The zero-order chi connectivity index (χ0) is 19.8. The van der Waals surface area contributed by atoms with Gasteiger partial charge in [-0.3, -0.25) is 9.59 Å². The molecule has 6 nitrogen and oxygen atoms in total. The number of carbonyl (C=O) groups is 2. The number of alkyl halides is 3. The molecule has 0 aliphatic heterocycles. The minimum absolute atomic E-state index is 0.0722. The predicted octanol–water partition coefficient (Wildman–Crippen LogP) is 2.90. The van der Waals surface area contributed by atoms with Crippen LogP contribution in [-0.2, 0) is 11.0 Å². The Morgan fingerprint density at radius 1 is 1.37 bits per heavy atom. The van der Waals surface area contributed by atoms with Crippen LogP contribution in [0.4, 0.5) is 13.2 Å². The van der Waals surface area contributed by atoms with Gasteiger partial charge in [-0.15, -0.1) is 0 Å². The second-order valence-corrected chi connectivity index (χ2v) is 6.74. The minimum atomic E-state index is -4.83. The highest BCUT2D eigenvalue weighted by Crippen LogP contribution is 2.34. The molecule has 0 bridgehead atoms. The fraction of sp³-hybridized carbons (Fsp3) is 0.353. The Labute approximate surface area is 157 Å². The van der Waals surface area contributed by atoms with Crippen LogP contribution < -0.4 is 5.32 Å². The van der Waals surface area contributed by atoms with E-state index in [9.17, 15) is 22.8 Å². The lowest BCUT2D eigenvalue weighted by Crippen LogP contribution is -2.39.